The smallest absolute Gasteiger partial charge is 0.0277 e. The zero-order chi connectivity index (χ0) is 14.6. The molecule has 0 saturated carbocycles. The summed E-state index contributed by atoms with van der Waals surface area (Å²) in [5.74, 6) is 0. The highest BCUT2D eigenvalue weighted by Gasteiger charge is 2.30. The van der Waals surface area contributed by atoms with Crippen LogP contribution < -0.4 is 5.32 Å². The minimum atomic E-state index is 0.277. The Bertz CT molecular complexity index is 428. The SMILES string of the molecule is CCNCc1cccc(CN2CCN(C)C(C)(C)C2)c1. The number of hydrogen-bond donors (Lipinski definition) is 1. The van der Waals surface area contributed by atoms with E-state index in [-0.39, 0.29) is 5.54 Å². The van der Waals surface area contributed by atoms with Crippen LogP contribution in [0.3, 0.4) is 0 Å². The normalized spacial score (nSPS) is 20.2. The molecule has 1 heterocycles. The predicted octanol–water partition coefficient (Wildman–Crippen LogP) is 2.32. The van der Waals surface area contributed by atoms with Crippen LogP contribution in [0.15, 0.2) is 24.3 Å². The van der Waals surface area contributed by atoms with E-state index in [9.17, 15) is 0 Å². The van der Waals surface area contributed by atoms with Gasteiger partial charge in [-0.1, -0.05) is 31.2 Å². The second kappa shape index (κ2) is 6.70. The summed E-state index contributed by atoms with van der Waals surface area (Å²) in [5, 5.41) is 3.39. The molecule has 1 N–H and O–H groups in total. The third-order valence-electron chi connectivity index (χ3n) is 4.37. The molecule has 0 bridgehead atoms. The molecule has 2 rings (SSSR count). The second-order valence-corrected chi connectivity index (χ2v) is 6.54. The van der Waals surface area contributed by atoms with Crippen molar-refractivity contribution in [1.29, 1.82) is 0 Å². The average molecular weight is 275 g/mol. The van der Waals surface area contributed by atoms with Crippen molar-refractivity contribution in [2.24, 2.45) is 0 Å². The summed E-state index contributed by atoms with van der Waals surface area (Å²) >= 11 is 0. The van der Waals surface area contributed by atoms with Crippen molar-refractivity contribution in [2.75, 3.05) is 33.2 Å². The molecular formula is C17H29N3. The molecule has 0 aromatic heterocycles. The van der Waals surface area contributed by atoms with Gasteiger partial charge in [-0.2, -0.15) is 0 Å². The van der Waals surface area contributed by atoms with E-state index < -0.39 is 0 Å². The van der Waals surface area contributed by atoms with Crippen LogP contribution in [0.2, 0.25) is 0 Å². The average Bonchev–Trinajstić information content (AvgIpc) is 2.41. The lowest BCUT2D eigenvalue weighted by atomic mass is 9.99. The zero-order valence-electron chi connectivity index (χ0n) is 13.4. The summed E-state index contributed by atoms with van der Waals surface area (Å²) in [6.45, 7) is 13.3. The van der Waals surface area contributed by atoms with Crippen molar-refractivity contribution in [2.45, 2.75) is 39.4 Å². The Labute approximate surface area is 124 Å². The van der Waals surface area contributed by atoms with Gasteiger partial charge in [0.25, 0.3) is 0 Å². The van der Waals surface area contributed by atoms with Gasteiger partial charge in [-0.25, -0.2) is 0 Å². The molecule has 1 aromatic carbocycles. The van der Waals surface area contributed by atoms with Crippen LogP contribution in [0.4, 0.5) is 0 Å². The van der Waals surface area contributed by atoms with E-state index >= 15 is 0 Å². The summed E-state index contributed by atoms with van der Waals surface area (Å²) in [4.78, 5) is 5.04. The first-order valence-electron chi connectivity index (χ1n) is 7.73. The highest BCUT2D eigenvalue weighted by atomic mass is 15.3. The summed E-state index contributed by atoms with van der Waals surface area (Å²) in [7, 11) is 2.23. The van der Waals surface area contributed by atoms with Crippen LogP contribution in [0.1, 0.15) is 31.9 Å². The van der Waals surface area contributed by atoms with Crippen molar-refractivity contribution in [3.8, 4) is 0 Å². The van der Waals surface area contributed by atoms with Gasteiger partial charge in [0, 0.05) is 38.3 Å². The number of nitrogens with zero attached hydrogens (tertiary/aromatic N) is 2. The van der Waals surface area contributed by atoms with Crippen molar-refractivity contribution in [1.82, 2.24) is 15.1 Å². The molecule has 3 nitrogen and oxygen atoms in total. The van der Waals surface area contributed by atoms with Gasteiger partial charge in [-0.15, -0.1) is 0 Å². The van der Waals surface area contributed by atoms with Crippen molar-refractivity contribution >= 4 is 0 Å². The van der Waals surface area contributed by atoms with E-state index in [1.807, 2.05) is 0 Å². The Balaban J connectivity index is 1.96. The first-order valence-corrected chi connectivity index (χ1v) is 7.73. The summed E-state index contributed by atoms with van der Waals surface area (Å²) in [5.41, 5.74) is 3.10. The molecule has 0 spiro atoms. The standard InChI is InChI=1S/C17H29N3/c1-5-18-12-15-7-6-8-16(11-15)13-20-10-9-19(4)17(2,3)14-20/h6-8,11,18H,5,9-10,12-14H2,1-4H3. The van der Waals surface area contributed by atoms with Crippen molar-refractivity contribution < 1.29 is 0 Å². The Hall–Kier alpha value is -0.900. The zero-order valence-corrected chi connectivity index (χ0v) is 13.4. The van der Waals surface area contributed by atoms with E-state index in [0.29, 0.717) is 0 Å². The van der Waals surface area contributed by atoms with Gasteiger partial charge in [0.15, 0.2) is 0 Å². The molecule has 1 aliphatic heterocycles. The fourth-order valence-electron chi connectivity index (χ4n) is 2.84. The monoisotopic (exact) mass is 275 g/mol. The summed E-state index contributed by atoms with van der Waals surface area (Å²) in [6, 6.07) is 8.98. The molecule has 112 valence electrons. The molecule has 3 heteroatoms. The largest absolute Gasteiger partial charge is 0.313 e. The minimum absolute atomic E-state index is 0.277. The third-order valence-corrected chi connectivity index (χ3v) is 4.37. The molecular weight excluding hydrogens is 246 g/mol. The predicted molar refractivity (Wildman–Crippen MR) is 85.8 cm³/mol. The summed E-state index contributed by atoms with van der Waals surface area (Å²) in [6.07, 6.45) is 0. The number of rotatable bonds is 5. The van der Waals surface area contributed by atoms with Gasteiger partial charge in [0.05, 0.1) is 0 Å². The topological polar surface area (TPSA) is 18.5 Å². The van der Waals surface area contributed by atoms with Gasteiger partial charge in [0.1, 0.15) is 0 Å². The molecule has 0 unspecified atom stereocenters. The fourth-order valence-corrected chi connectivity index (χ4v) is 2.84. The van der Waals surface area contributed by atoms with Gasteiger partial charge in [-0.3, -0.25) is 9.80 Å². The van der Waals surface area contributed by atoms with Gasteiger partial charge >= 0.3 is 0 Å². The van der Waals surface area contributed by atoms with Crippen molar-refractivity contribution in [3.05, 3.63) is 35.4 Å². The van der Waals surface area contributed by atoms with E-state index in [0.717, 1.165) is 39.3 Å². The third kappa shape index (κ3) is 4.05. The number of nitrogens with one attached hydrogen (secondary N) is 1. The van der Waals surface area contributed by atoms with Crippen LogP contribution in [0.25, 0.3) is 0 Å². The van der Waals surface area contributed by atoms with E-state index in [1.165, 1.54) is 11.1 Å². The number of hydrogen-bond acceptors (Lipinski definition) is 3. The maximum atomic E-state index is 3.39. The molecule has 0 amide bonds. The van der Waals surface area contributed by atoms with E-state index in [4.69, 9.17) is 0 Å². The number of benzene rings is 1. The molecule has 1 fully saturated rings. The number of likely N-dealkylation sites (N-methyl/N-ethyl adjacent to an activating group) is 1. The van der Waals surface area contributed by atoms with Crippen molar-refractivity contribution in [3.63, 3.8) is 0 Å². The van der Waals surface area contributed by atoms with E-state index in [1.54, 1.807) is 0 Å². The lowest BCUT2D eigenvalue weighted by Gasteiger charge is -2.45. The quantitative estimate of drug-likeness (QED) is 0.890. The highest BCUT2D eigenvalue weighted by Crippen LogP contribution is 2.20. The van der Waals surface area contributed by atoms with Crippen LogP contribution in [0.5, 0.6) is 0 Å². The minimum Gasteiger partial charge on any atom is -0.313 e. The van der Waals surface area contributed by atoms with Gasteiger partial charge < -0.3 is 5.32 Å². The molecule has 0 radical (unpaired) electrons. The van der Waals surface area contributed by atoms with Gasteiger partial charge in [0.2, 0.25) is 0 Å². The lowest BCUT2D eigenvalue weighted by Crippen LogP contribution is -2.57. The molecule has 1 aromatic rings. The molecule has 1 aliphatic rings. The summed E-state index contributed by atoms with van der Waals surface area (Å²) < 4.78 is 0. The Kier molecular flexibility index (Phi) is 5.19. The van der Waals surface area contributed by atoms with Crippen LogP contribution in [0, 0.1) is 0 Å². The molecule has 1 saturated heterocycles. The number of piperazine rings is 1. The second-order valence-electron chi connectivity index (χ2n) is 6.54. The maximum Gasteiger partial charge on any atom is 0.0277 e. The Morgan fingerprint density at radius 2 is 1.95 bits per heavy atom. The highest BCUT2D eigenvalue weighted by molar-refractivity contribution is 5.23. The first-order chi connectivity index (χ1) is 9.51. The van der Waals surface area contributed by atoms with Crippen LogP contribution in [-0.4, -0.2) is 48.6 Å². The molecule has 20 heavy (non-hydrogen) atoms. The van der Waals surface area contributed by atoms with E-state index in [2.05, 4.69) is 67.2 Å². The fraction of sp³-hybridized carbons (Fsp3) is 0.647. The van der Waals surface area contributed by atoms with Crippen LogP contribution >= 0.6 is 0 Å². The lowest BCUT2D eigenvalue weighted by molar-refractivity contribution is 0.0360. The van der Waals surface area contributed by atoms with Gasteiger partial charge in [-0.05, 0) is 38.6 Å². The van der Waals surface area contributed by atoms with Crippen LogP contribution in [-0.2, 0) is 13.1 Å². The Morgan fingerprint density at radius 1 is 1.20 bits per heavy atom. The maximum absolute atomic E-state index is 3.39. The molecule has 0 aliphatic carbocycles. The molecule has 0 atom stereocenters. The Morgan fingerprint density at radius 3 is 2.65 bits per heavy atom. The first kappa shape index (κ1) is 15.5.